The van der Waals surface area contributed by atoms with Crippen molar-refractivity contribution in [1.29, 1.82) is 0 Å². The zero-order chi connectivity index (χ0) is 15.1. The molecule has 106 valence electrons. The monoisotopic (exact) mass is 294 g/mol. The normalized spacial score (nSPS) is 11.6. The number of nitrogens with zero attached hydrogens (tertiary/aromatic N) is 2. The molecular formula is C13H14N2O4S. The van der Waals surface area contributed by atoms with Gasteiger partial charge in [-0.05, 0) is 43.5 Å². The first-order chi connectivity index (χ1) is 9.23. The molecule has 0 unspecified atom stereocenters. The maximum absolute atomic E-state index is 12.5. The largest absolute Gasteiger partial charge is 0.476 e. The molecular weight excluding hydrogens is 280 g/mol. The molecule has 0 aliphatic rings. The summed E-state index contributed by atoms with van der Waals surface area (Å²) in [5.41, 5.74) is 2.15. The highest BCUT2D eigenvalue weighted by molar-refractivity contribution is 7.90. The Hall–Kier alpha value is -2.15. The molecule has 2 aromatic rings. The molecule has 0 fully saturated rings. The van der Waals surface area contributed by atoms with Crippen LogP contribution in [0.15, 0.2) is 29.6 Å². The van der Waals surface area contributed by atoms with Gasteiger partial charge in [0.25, 0.3) is 10.0 Å². The minimum atomic E-state index is -3.83. The van der Waals surface area contributed by atoms with Gasteiger partial charge in [-0.2, -0.15) is 0 Å². The third kappa shape index (κ3) is 2.32. The first-order valence-electron chi connectivity index (χ1n) is 5.84. The van der Waals surface area contributed by atoms with Gasteiger partial charge >= 0.3 is 5.97 Å². The van der Waals surface area contributed by atoms with Crippen LogP contribution in [0.3, 0.4) is 0 Å². The molecule has 0 saturated heterocycles. The Morgan fingerprint density at radius 1 is 1.15 bits per heavy atom. The molecule has 1 aromatic carbocycles. The van der Waals surface area contributed by atoms with E-state index in [0.717, 1.165) is 27.6 Å². The molecule has 0 saturated carbocycles. The maximum atomic E-state index is 12.5. The van der Waals surface area contributed by atoms with Crippen LogP contribution in [0.4, 0.5) is 0 Å². The van der Waals surface area contributed by atoms with Crippen molar-refractivity contribution >= 4 is 16.0 Å². The standard InChI is InChI=1S/C13H14N2O4S/c1-8-4-10(3)12(5-9(8)2)20(18,19)15-6-11(13(16)17)14-7-15/h4-7H,1-3H3,(H,16,17). The minimum Gasteiger partial charge on any atom is -0.476 e. The van der Waals surface area contributed by atoms with E-state index in [0.29, 0.717) is 5.56 Å². The van der Waals surface area contributed by atoms with Gasteiger partial charge in [0, 0.05) is 0 Å². The molecule has 0 atom stereocenters. The summed E-state index contributed by atoms with van der Waals surface area (Å²) < 4.78 is 25.8. The molecule has 0 aliphatic heterocycles. The number of rotatable bonds is 3. The topological polar surface area (TPSA) is 89.3 Å². The molecule has 20 heavy (non-hydrogen) atoms. The van der Waals surface area contributed by atoms with Crippen LogP contribution in [0.5, 0.6) is 0 Å². The van der Waals surface area contributed by atoms with Crippen molar-refractivity contribution in [2.75, 3.05) is 0 Å². The average molecular weight is 294 g/mol. The lowest BCUT2D eigenvalue weighted by atomic mass is 10.1. The first kappa shape index (κ1) is 14.3. The van der Waals surface area contributed by atoms with E-state index < -0.39 is 16.0 Å². The lowest BCUT2D eigenvalue weighted by Gasteiger charge is -2.11. The first-order valence-corrected chi connectivity index (χ1v) is 7.28. The zero-order valence-electron chi connectivity index (χ0n) is 11.3. The van der Waals surface area contributed by atoms with Crippen LogP contribution in [0.25, 0.3) is 0 Å². The highest BCUT2D eigenvalue weighted by Gasteiger charge is 2.21. The van der Waals surface area contributed by atoms with Crippen molar-refractivity contribution in [2.45, 2.75) is 25.7 Å². The van der Waals surface area contributed by atoms with Crippen molar-refractivity contribution in [3.05, 3.63) is 47.0 Å². The summed E-state index contributed by atoms with van der Waals surface area (Å²) in [6, 6.07) is 3.37. The van der Waals surface area contributed by atoms with Gasteiger partial charge in [-0.3, -0.25) is 0 Å². The number of benzene rings is 1. The van der Waals surface area contributed by atoms with E-state index in [1.807, 2.05) is 13.8 Å². The van der Waals surface area contributed by atoms with Gasteiger partial charge < -0.3 is 5.11 Å². The van der Waals surface area contributed by atoms with Crippen molar-refractivity contribution in [1.82, 2.24) is 8.96 Å². The predicted molar refractivity (Wildman–Crippen MR) is 72.4 cm³/mol. The quantitative estimate of drug-likeness (QED) is 0.931. The van der Waals surface area contributed by atoms with Gasteiger partial charge in [-0.15, -0.1) is 0 Å². The summed E-state index contributed by atoms with van der Waals surface area (Å²) in [4.78, 5) is 14.5. The number of carbonyl (C=O) groups is 1. The highest BCUT2D eigenvalue weighted by atomic mass is 32.2. The predicted octanol–water partition coefficient (Wildman–Crippen LogP) is 1.74. The second-order valence-electron chi connectivity index (χ2n) is 4.60. The Balaban J connectivity index is 2.60. The third-order valence-electron chi connectivity index (χ3n) is 3.13. The Labute approximate surface area is 116 Å². The fourth-order valence-corrected chi connectivity index (χ4v) is 3.30. The minimum absolute atomic E-state index is 0.148. The SMILES string of the molecule is Cc1cc(C)c(S(=O)(=O)n2cnc(C(=O)O)c2)cc1C. The molecule has 1 aromatic heterocycles. The van der Waals surface area contributed by atoms with Crippen LogP contribution in [-0.4, -0.2) is 28.5 Å². The number of imidazole rings is 1. The van der Waals surface area contributed by atoms with Crippen LogP contribution >= 0.6 is 0 Å². The fourth-order valence-electron chi connectivity index (χ4n) is 1.87. The van der Waals surface area contributed by atoms with Crippen molar-refractivity contribution in [2.24, 2.45) is 0 Å². The van der Waals surface area contributed by atoms with Crippen molar-refractivity contribution < 1.29 is 18.3 Å². The number of carboxylic acids is 1. The average Bonchev–Trinajstić information content (AvgIpc) is 2.83. The Kier molecular flexibility index (Phi) is 3.39. The molecule has 7 heteroatoms. The van der Waals surface area contributed by atoms with Gasteiger partial charge in [0.1, 0.15) is 6.33 Å². The summed E-state index contributed by atoms with van der Waals surface area (Å²) in [5, 5.41) is 8.80. The van der Waals surface area contributed by atoms with Crippen LogP contribution in [0.1, 0.15) is 27.2 Å². The number of aromatic nitrogens is 2. The van der Waals surface area contributed by atoms with E-state index >= 15 is 0 Å². The van der Waals surface area contributed by atoms with E-state index in [4.69, 9.17) is 5.11 Å². The van der Waals surface area contributed by atoms with Gasteiger partial charge in [0.2, 0.25) is 0 Å². The van der Waals surface area contributed by atoms with Gasteiger partial charge in [0.05, 0.1) is 11.1 Å². The molecule has 0 spiro atoms. The second-order valence-corrected chi connectivity index (χ2v) is 6.41. The molecule has 0 bridgehead atoms. The number of hydrogen-bond donors (Lipinski definition) is 1. The summed E-state index contributed by atoms with van der Waals surface area (Å²) in [5.74, 6) is -1.27. The summed E-state index contributed by atoms with van der Waals surface area (Å²) in [6.45, 7) is 5.43. The molecule has 6 nitrogen and oxygen atoms in total. The molecule has 0 amide bonds. The van der Waals surface area contributed by atoms with E-state index in [9.17, 15) is 13.2 Å². The van der Waals surface area contributed by atoms with E-state index in [-0.39, 0.29) is 10.6 Å². The van der Waals surface area contributed by atoms with Crippen LogP contribution < -0.4 is 0 Å². The Morgan fingerprint density at radius 2 is 1.75 bits per heavy atom. The number of carboxylic acid groups (broad SMARTS) is 1. The Bertz CT molecular complexity index is 791. The highest BCUT2D eigenvalue weighted by Crippen LogP contribution is 2.22. The zero-order valence-corrected chi connectivity index (χ0v) is 12.1. The lowest BCUT2D eigenvalue weighted by Crippen LogP contribution is -2.13. The Morgan fingerprint density at radius 3 is 2.30 bits per heavy atom. The third-order valence-corrected chi connectivity index (χ3v) is 4.88. The molecule has 1 heterocycles. The summed E-state index contributed by atoms with van der Waals surface area (Å²) >= 11 is 0. The summed E-state index contributed by atoms with van der Waals surface area (Å²) in [7, 11) is -3.83. The van der Waals surface area contributed by atoms with Crippen LogP contribution in [-0.2, 0) is 10.0 Å². The van der Waals surface area contributed by atoms with Crippen LogP contribution in [0.2, 0.25) is 0 Å². The second kappa shape index (κ2) is 4.75. The number of hydrogen-bond acceptors (Lipinski definition) is 4. The van der Waals surface area contributed by atoms with Gasteiger partial charge in [0.15, 0.2) is 5.69 Å². The van der Waals surface area contributed by atoms with Gasteiger partial charge in [-0.1, -0.05) is 6.07 Å². The molecule has 0 aliphatic carbocycles. The van der Waals surface area contributed by atoms with Crippen molar-refractivity contribution in [3.63, 3.8) is 0 Å². The summed E-state index contributed by atoms with van der Waals surface area (Å²) in [6.07, 6.45) is 1.99. The number of aryl methyl sites for hydroxylation is 3. The molecule has 1 N–H and O–H groups in total. The van der Waals surface area contributed by atoms with E-state index in [1.54, 1.807) is 19.1 Å². The molecule has 0 radical (unpaired) electrons. The van der Waals surface area contributed by atoms with E-state index in [2.05, 4.69) is 4.98 Å². The fraction of sp³-hybridized carbons (Fsp3) is 0.231. The van der Waals surface area contributed by atoms with Gasteiger partial charge in [-0.25, -0.2) is 22.2 Å². The van der Waals surface area contributed by atoms with Crippen LogP contribution in [0, 0.1) is 20.8 Å². The maximum Gasteiger partial charge on any atom is 0.356 e. The smallest absolute Gasteiger partial charge is 0.356 e. The molecule has 2 rings (SSSR count). The number of aromatic carboxylic acids is 1. The lowest BCUT2D eigenvalue weighted by molar-refractivity contribution is 0.0691. The van der Waals surface area contributed by atoms with Crippen molar-refractivity contribution in [3.8, 4) is 0 Å². The van der Waals surface area contributed by atoms with E-state index in [1.165, 1.54) is 0 Å².